The maximum atomic E-state index is 11.0. The van der Waals surface area contributed by atoms with E-state index in [9.17, 15) is 5.11 Å². The van der Waals surface area contributed by atoms with Crippen LogP contribution in [0.1, 0.15) is 85.1 Å². The molecule has 276 valence electrons. The van der Waals surface area contributed by atoms with E-state index in [1.165, 1.54) is 5.57 Å². The Bertz CT molecular complexity index is 1340. The van der Waals surface area contributed by atoms with Crippen LogP contribution < -0.4 is 4.74 Å². The lowest BCUT2D eigenvalue weighted by Gasteiger charge is -2.40. The average Bonchev–Trinajstić information content (AvgIpc) is 3.04. The molecule has 0 saturated carbocycles. The van der Waals surface area contributed by atoms with Gasteiger partial charge < -0.3 is 28.5 Å². The van der Waals surface area contributed by atoms with E-state index >= 15 is 0 Å². The monoisotopic (exact) mass is 704 g/mol. The summed E-state index contributed by atoms with van der Waals surface area (Å²) in [5, 5.41) is 11.1. The van der Waals surface area contributed by atoms with Gasteiger partial charge in [0.2, 0.25) is 0 Å². The molecule has 0 fully saturated rings. The summed E-state index contributed by atoms with van der Waals surface area (Å²) in [6, 6.07) is 7.96. The summed E-state index contributed by atoms with van der Waals surface area (Å²) in [6.45, 7) is 21.0. The van der Waals surface area contributed by atoms with Crippen LogP contribution in [0, 0.1) is 18.3 Å². The summed E-state index contributed by atoms with van der Waals surface area (Å²) in [6.07, 6.45) is 24.3. The van der Waals surface area contributed by atoms with Crippen molar-refractivity contribution in [3.05, 3.63) is 90.1 Å². The van der Waals surface area contributed by atoms with Gasteiger partial charge in [0.1, 0.15) is 5.75 Å². The van der Waals surface area contributed by atoms with E-state index in [-0.39, 0.29) is 35.6 Å². The van der Waals surface area contributed by atoms with Crippen molar-refractivity contribution in [1.82, 2.24) is 0 Å². The molecule has 0 saturated heterocycles. The maximum absolute atomic E-state index is 11.0. The Balaban J connectivity index is 1.70. The van der Waals surface area contributed by atoms with Crippen molar-refractivity contribution < 1.29 is 28.5 Å². The molecule has 0 radical (unpaired) electrons. The topological polar surface area (TPSA) is 66.4 Å². The highest BCUT2D eigenvalue weighted by Crippen LogP contribution is 2.38. The first-order valence-corrected chi connectivity index (χ1v) is 21.2. The molecule has 0 spiro atoms. The Morgan fingerprint density at radius 1 is 1.18 bits per heavy atom. The second-order valence-corrected chi connectivity index (χ2v) is 20.4. The van der Waals surface area contributed by atoms with Crippen molar-refractivity contribution >= 4 is 8.32 Å². The van der Waals surface area contributed by atoms with Crippen molar-refractivity contribution in [3.8, 4) is 18.1 Å². The first-order chi connectivity index (χ1) is 23.7. The maximum Gasteiger partial charge on any atom is 0.193 e. The smallest absolute Gasteiger partial charge is 0.193 e. The Labute approximate surface area is 304 Å². The zero-order valence-electron chi connectivity index (χ0n) is 32.0. The second kappa shape index (κ2) is 20.4. The number of hydrogen-bond donors (Lipinski definition) is 1. The van der Waals surface area contributed by atoms with E-state index < -0.39 is 14.4 Å². The number of rotatable bonds is 19. The normalized spacial score (nSPS) is 22.6. The molecule has 7 heteroatoms. The molecule has 3 rings (SSSR count). The van der Waals surface area contributed by atoms with Gasteiger partial charge in [-0.05, 0) is 87.2 Å². The van der Waals surface area contributed by atoms with Crippen molar-refractivity contribution in [2.75, 3.05) is 13.7 Å². The third-order valence-corrected chi connectivity index (χ3v) is 14.4. The van der Waals surface area contributed by atoms with Crippen molar-refractivity contribution in [2.45, 2.75) is 141 Å². The molecule has 1 aromatic carbocycles. The summed E-state index contributed by atoms with van der Waals surface area (Å²) in [5.41, 5.74) is 3.42. The number of aliphatic hydroxyl groups excluding tert-OH is 1. The van der Waals surface area contributed by atoms with Gasteiger partial charge in [0, 0.05) is 6.42 Å². The lowest BCUT2D eigenvalue weighted by molar-refractivity contribution is -0.0204. The highest BCUT2D eigenvalue weighted by molar-refractivity contribution is 6.74. The van der Waals surface area contributed by atoms with Gasteiger partial charge in [-0.25, -0.2) is 0 Å². The Morgan fingerprint density at radius 3 is 2.58 bits per heavy atom. The van der Waals surface area contributed by atoms with Crippen LogP contribution in [0.5, 0.6) is 5.75 Å². The van der Waals surface area contributed by atoms with Crippen LogP contribution >= 0.6 is 0 Å². The highest BCUT2D eigenvalue weighted by Gasteiger charge is 2.40. The molecule has 2 aliphatic heterocycles. The lowest BCUT2D eigenvalue weighted by atomic mass is 9.91. The summed E-state index contributed by atoms with van der Waals surface area (Å²) >= 11 is 0. The largest absolute Gasteiger partial charge is 0.497 e. The Hall–Kier alpha value is -2.70. The zero-order chi connectivity index (χ0) is 36.7. The molecule has 0 aromatic heterocycles. The Morgan fingerprint density at radius 2 is 1.92 bits per heavy atom. The molecule has 0 amide bonds. The average molecular weight is 705 g/mol. The minimum absolute atomic E-state index is 0.00374. The molecule has 0 aliphatic carbocycles. The first kappa shape index (κ1) is 41.7. The third-order valence-electron chi connectivity index (χ3n) is 9.97. The SMILES string of the molecule is C#CC[C@@H]1C=CC[C@@H](C[C@@H](C)CC(=C)CC(O)/C=C/C[C@H](OCc2ccc(OC)cc2)[C@H](/C=C/[C@@H]2CC(C)=CCO2)O[Si](C)(C)C(C)(C)C)O1. The number of aliphatic hydroxyl groups is 1. The van der Waals surface area contributed by atoms with Gasteiger partial charge in [0.15, 0.2) is 8.32 Å². The van der Waals surface area contributed by atoms with Gasteiger partial charge in [0.25, 0.3) is 0 Å². The fourth-order valence-electron chi connectivity index (χ4n) is 6.06. The standard InChI is InChI=1S/C43H64O6Si/c1-11-14-38-16-13-17-40(48-38)30-34(4)27-33(3)28-36(44)15-12-18-41(47-31-35-19-21-37(45-8)22-20-35)42(49-50(9,10)43(5,6)7)24-23-39-29-32(2)25-26-46-39/h1,12-13,15-16,19-25,34,36,38-42,44H,3,14,17-18,26-31H2,2,4-10H3/b15-12+,24-23+/t34-,36?,38+,39+,40-,41-,42-/m0/s1. The van der Waals surface area contributed by atoms with Gasteiger partial charge in [-0.1, -0.05) is 100 Å². The minimum Gasteiger partial charge on any atom is -0.497 e. The summed E-state index contributed by atoms with van der Waals surface area (Å²) in [5.74, 6) is 3.90. The fraction of sp³-hybridized carbons (Fsp3) is 0.581. The molecular weight excluding hydrogens is 641 g/mol. The molecule has 0 bridgehead atoms. The molecule has 1 unspecified atom stereocenters. The van der Waals surface area contributed by atoms with Gasteiger partial charge >= 0.3 is 0 Å². The molecule has 1 aromatic rings. The third kappa shape index (κ3) is 14.5. The van der Waals surface area contributed by atoms with Gasteiger partial charge in [0.05, 0.1) is 56.9 Å². The number of benzene rings is 1. The van der Waals surface area contributed by atoms with E-state index in [2.05, 4.69) is 90.6 Å². The predicted octanol–water partition coefficient (Wildman–Crippen LogP) is 9.67. The number of terminal acetylenes is 1. The van der Waals surface area contributed by atoms with E-state index in [0.29, 0.717) is 38.4 Å². The molecular formula is C43H64O6Si. The molecule has 2 aliphatic rings. The highest BCUT2D eigenvalue weighted by atomic mass is 28.4. The van der Waals surface area contributed by atoms with Gasteiger partial charge in [-0.3, -0.25) is 0 Å². The summed E-state index contributed by atoms with van der Waals surface area (Å²) in [7, 11) is -0.513. The zero-order valence-corrected chi connectivity index (χ0v) is 33.0. The number of hydrogen-bond acceptors (Lipinski definition) is 6. The van der Waals surface area contributed by atoms with E-state index in [1.807, 2.05) is 36.4 Å². The number of ether oxygens (including phenoxy) is 4. The van der Waals surface area contributed by atoms with Crippen LogP contribution in [-0.4, -0.2) is 63.8 Å². The lowest BCUT2D eigenvalue weighted by Crippen LogP contribution is -2.47. The second-order valence-electron chi connectivity index (χ2n) is 15.7. The van der Waals surface area contributed by atoms with Crippen molar-refractivity contribution in [1.29, 1.82) is 0 Å². The minimum atomic E-state index is -2.18. The van der Waals surface area contributed by atoms with E-state index in [4.69, 9.17) is 29.8 Å². The van der Waals surface area contributed by atoms with Gasteiger partial charge in [-0.2, -0.15) is 0 Å². The summed E-state index contributed by atoms with van der Waals surface area (Å²) in [4.78, 5) is 0. The summed E-state index contributed by atoms with van der Waals surface area (Å²) < 4.78 is 31.3. The van der Waals surface area contributed by atoms with Crippen LogP contribution in [-0.2, 0) is 25.2 Å². The quantitative estimate of drug-likeness (QED) is 0.0879. The fourth-order valence-corrected chi connectivity index (χ4v) is 7.33. The van der Waals surface area contributed by atoms with Crippen molar-refractivity contribution in [3.63, 3.8) is 0 Å². The Kier molecular flexibility index (Phi) is 17.0. The number of methoxy groups -OCH3 is 1. The van der Waals surface area contributed by atoms with Gasteiger partial charge in [-0.15, -0.1) is 12.3 Å². The van der Waals surface area contributed by atoms with Crippen LogP contribution in [0.3, 0.4) is 0 Å². The predicted molar refractivity (Wildman–Crippen MR) is 209 cm³/mol. The van der Waals surface area contributed by atoms with Crippen LogP contribution in [0.4, 0.5) is 0 Å². The first-order valence-electron chi connectivity index (χ1n) is 18.3. The molecule has 50 heavy (non-hydrogen) atoms. The van der Waals surface area contributed by atoms with E-state index in [1.54, 1.807) is 7.11 Å². The van der Waals surface area contributed by atoms with Crippen LogP contribution in [0.15, 0.2) is 84.5 Å². The van der Waals surface area contributed by atoms with E-state index in [0.717, 1.165) is 42.6 Å². The molecule has 6 nitrogen and oxygen atoms in total. The molecule has 1 N–H and O–H groups in total. The van der Waals surface area contributed by atoms with Crippen molar-refractivity contribution in [2.24, 2.45) is 5.92 Å². The molecule has 7 atom stereocenters. The van der Waals surface area contributed by atoms with Crippen LogP contribution in [0.2, 0.25) is 18.1 Å². The van der Waals surface area contributed by atoms with Crippen LogP contribution in [0.25, 0.3) is 0 Å². The molecule has 2 heterocycles.